The highest BCUT2D eigenvalue weighted by Crippen LogP contribution is 2.29. The first-order valence-electron chi connectivity index (χ1n) is 8.53. The minimum Gasteiger partial charge on any atom is -0.324 e. The van der Waals surface area contributed by atoms with Gasteiger partial charge in [-0.05, 0) is 56.5 Å². The van der Waals surface area contributed by atoms with Crippen LogP contribution in [0.5, 0.6) is 0 Å². The van der Waals surface area contributed by atoms with Gasteiger partial charge in [-0.1, -0.05) is 12.1 Å². The third-order valence-electron chi connectivity index (χ3n) is 4.22. The molecule has 2 aromatic carbocycles. The maximum atomic E-state index is 12.8. The summed E-state index contributed by atoms with van der Waals surface area (Å²) in [5.74, 6) is -0.540. The Kier molecular flexibility index (Phi) is 6.08. The lowest BCUT2D eigenvalue weighted by Crippen LogP contribution is -2.45. The van der Waals surface area contributed by atoms with Crippen molar-refractivity contribution in [3.05, 3.63) is 63.2 Å². The Morgan fingerprint density at radius 2 is 1.68 bits per heavy atom. The number of amides is 1. The molecule has 0 heterocycles. The van der Waals surface area contributed by atoms with Crippen LogP contribution < -0.4 is 9.62 Å². The van der Waals surface area contributed by atoms with E-state index in [-0.39, 0.29) is 11.4 Å². The molecule has 2 aromatic rings. The van der Waals surface area contributed by atoms with Crippen LogP contribution in [0, 0.1) is 30.9 Å². The smallest absolute Gasteiger partial charge is 0.271 e. The van der Waals surface area contributed by atoms with Gasteiger partial charge in [0.15, 0.2) is 0 Å². The number of hydrogen-bond donors (Lipinski definition) is 1. The summed E-state index contributed by atoms with van der Waals surface area (Å²) in [6, 6.07) is 8.31. The van der Waals surface area contributed by atoms with E-state index in [4.69, 9.17) is 0 Å². The number of nitro benzene ring substituents is 1. The van der Waals surface area contributed by atoms with Crippen molar-refractivity contribution in [1.29, 1.82) is 0 Å². The Morgan fingerprint density at radius 1 is 1.11 bits per heavy atom. The molecule has 8 nitrogen and oxygen atoms in total. The molecule has 1 atom stereocenters. The van der Waals surface area contributed by atoms with Crippen molar-refractivity contribution in [3.8, 4) is 0 Å². The number of sulfonamides is 1. The number of nitrogens with zero attached hydrogens (tertiary/aromatic N) is 2. The molecule has 28 heavy (non-hydrogen) atoms. The molecule has 1 N–H and O–H groups in total. The van der Waals surface area contributed by atoms with Crippen LogP contribution in [-0.2, 0) is 14.8 Å². The van der Waals surface area contributed by atoms with Gasteiger partial charge in [0.25, 0.3) is 5.69 Å². The van der Waals surface area contributed by atoms with E-state index in [9.17, 15) is 23.3 Å². The average molecular weight is 405 g/mol. The number of nitrogens with one attached hydrogen (secondary N) is 1. The molecule has 0 bridgehead atoms. The summed E-state index contributed by atoms with van der Waals surface area (Å²) in [6.07, 6.45) is 0.964. The Hall–Kier alpha value is -2.94. The van der Waals surface area contributed by atoms with Gasteiger partial charge in [-0.25, -0.2) is 8.42 Å². The zero-order chi connectivity index (χ0) is 21.2. The fourth-order valence-electron chi connectivity index (χ4n) is 3.02. The molecular weight excluding hydrogens is 382 g/mol. The van der Waals surface area contributed by atoms with E-state index >= 15 is 0 Å². The van der Waals surface area contributed by atoms with Gasteiger partial charge in [0.05, 0.1) is 16.9 Å². The number of aryl methyl sites for hydroxylation is 3. The summed E-state index contributed by atoms with van der Waals surface area (Å²) in [7, 11) is -3.89. The summed E-state index contributed by atoms with van der Waals surface area (Å²) in [4.78, 5) is 23.3. The van der Waals surface area contributed by atoms with Crippen molar-refractivity contribution >= 4 is 33.0 Å². The Morgan fingerprint density at radius 3 is 2.18 bits per heavy atom. The van der Waals surface area contributed by atoms with Crippen LogP contribution in [0.25, 0.3) is 0 Å². The van der Waals surface area contributed by atoms with Gasteiger partial charge < -0.3 is 5.32 Å². The Bertz CT molecular complexity index is 1010. The zero-order valence-electron chi connectivity index (χ0n) is 16.4. The lowest BCUT2D eigenvalue weighted by Gasteiger charge is -2.29. The Labute approximate surface area is 164 Å². The lowest BCUT2D eigenvalue weighted by molar-refractivity contribution is -0.384. The van der Waals surface area contributed by atoms with Crippen LogP contribution in [0.15, 0.2) is 36.4 Å². The van der Waals surface area contributed by atoms with Crippen molar-refractivity contribution in [2.45, 2.75) is 33.7 Å². The molecule has 0 saturated heterocycles. The van der Waals surface area contributed by atoms with Crippen molar-refractivity contribution in [1.82, 2.24) is 0 Å². The fraction of sp³-hybridized carbons (Fsp3) is 0.316. The van der Waals surface area contributed by atoms with Crippen LogP contribution in [-0.4, -0.2) is 31.5 Å². The number of carbonyl (C=O) groups is 1. The molecule has 0 unspecified atom stereocenters. The molecule has 2 rings (SSSR count). The molecule has 1 amide bonds. The molecule has 0 saturated carbocycles. The van der Waals surface area contributed by atoms with Gasteiger partial charge in [-0.3, -0.25) is 19.2 Å². The molecular formula is C19H23N3O5S. The number of nitro groups is 1. The van der Waals surface area contributed by atoms with Crippen LogP contribution >= 0.6 is 0 Å². The van der Waals surface area contributed by atoms with Gasteiger partial charge in [0.2, 0.25) is 15.9 Å². The molecule has 0 aliphatic carbocycles. The van der Waals surface area contributed by atoms with E-state index in [2.05, 4.69) is 5.32 Å². The van der Waals surface area contributed by atoms with Crippen LogP contribution in [0.3, 0.4) is 0 Å². The SMILES string of the molecule is Cc1cc(C)cc(NC(=O)[C@@H](C)N(c2cc([N+](=O)[O-])ccc2C)S(C)(=O)=O)c1. The monoisotopic (exact) mass is 405 g/mol. The fourth-order valence-corrected chi connectivity index (χ4v) is 4.25. The van der Waals surface area contributed by atoms with E-state index in [1.165, 1.54) is 19.1 Å². The van der Waals surface area contributed by atoms with E-state index in [1.807, 2.05) is 19.9 Å². The minimum absolute atomic E-state index is 0.0970. The second-order valence-corrected chi connectivity index (χ2v) is 8.69. The van der Waals surface area contributed by atoms with Crippen molar-refractivity contribution in [2.24, 2.45) is 0 Å². The number of hydrogen-bond acceptors (Lipinski definition) is 5. The predicted octanol–water partition coefficient (Wildman–Crippen LogP) is 3.31. The maximum absolute atomic E-state index is 12.8. The molecule has 0 aromatic heterocycles. The van der Waals surface area contributed by atoms with Gasteiger partial charge >= 0.3 is 0 Å². The second kappa shape index (κ2) is 7.97. The van der Waals surface area contributed by atoms with Crippen LogP contribution in [0.1, 0.15) is 23.6 Å². The third-order valence-corrected chi connectivity index (χ3v) is 5.45. The highest BCUT2D eigenvalue weighted by molar-refractivity contribution is 7.92. The number of benzene rings is 2. The molecule has 0 aliphatic heterocycles. The first kappa shape index (κ1) is 21.4. The van der Waals surface area contributed by atoms with Crippen LogP contribution in [0.4, 0.5) is 17.1 Å². The Balaban J connectivity index is 2.45. The second-order valence-electron chi connectivity index (χ2n) is 6.83. The maximum Gasteiger partial charge on any atom is 0.271 e. The lowest BCUT2D eigenvalue weighted by atomic mass is 10.1. The third kappa shape index (κ3) is 4.86. The summed E-state index contributed by atoms with van der Waals surface area (Å²) in [6.45, 7) is 6.85. The van der Waals surface area contributed by atoms with E-state index in [0.717, 1.165) is 27.8 Å². The minimum atomic E-state index is -3.89. The standard InChI is InChI=1S/C19H23N3O5S/c1-12-8-13(2)10-16(9-12)20-19(23)15(4)21(28(5,26)27)18-11-17(22(24)25)7-6-14(18)3/h6-11,15H,1-5H3,(H,20,23)/t15-/m1/s1. The predicted molar refractivity (Wildman–Crippen MR) is 109 cm³/mol. The van der Waals surface area contributed by atoms with Crippen molar-refractivity contribution in [3.63, 3.8) is 0 Å². The topological polar surface area (TPSA) is 110 Å². The molecule has 0 aliphatic rings. The summed E-state index contributed by atoms with van der Waals surface area (Å²) in [5, 5.41) is 13.8. The number of carbonyl (C=O) groups excluding carboxylic acids is 1. The van der Waals surface area contributed by atoms with Gasteiger partial charge in [0, 0.05) is 17.8 Å². The number of non-ortho nitro benzene ring substituents is 1. The van der Waals surface area contributed by atoms with Gasteiger partial charge in [-0.15, -0.1) is 0 Å². The van der Waals surface area contributed by atoms with E-state index < -0.39 is 26.9 Å². The normalized spacial score (nSPS) is 12.3. The van der Waals surface area contributed by atoms with Crippen LogP contribution in [0.2, 0.25) is 0 Å². The first-order valence-corrected chi connectivity index (χ1v) is 10.4. The molecule has 9 heteroatoms. The highest BCUT2D eigenvalue weighted by atomic mass is 32.2. The number of rotatable bonds is 6. The first-order chi connectivity index (χ1) is 12.9. The summed E-state index contributed by atoms with van der Waals surface area (Å²) < 4.78 is 25.8. The van der Waals surface area contributed by atoms with Gasteiger partial charge in [0.1, 0.15) is 6.04 Å². The van der Waals surface area contributed by atoms with Crippen molar-refractivity contribution < 1.29 is 18.1 Å². The molecule has 0 radical (unpaired) electrons. The highest BCUT2D eigenvalue weighted by Gasteiger charge is 2.31. The average Bonchev–Trinajstić information content (AvgIpc) is 2.54. The number of anilines is 2. The van der Waals surface area contributed by atoms with Gasteiger partial charge in [-0.2, -0.15) is 0 Å². The molecule has 0 spiro atoms. The van der Waals surface area contributed by atoms with E-state index in [1.54, 1.807) is 19.1 Å². The molecule has 150 valence electrons. The molecule has 0 fully saturated rings. The summed E-state index contributed by atoms with van der Waals surface area (Å²) >= 11 is 0. The quantitative estimate of drug-likeness (QED) is 0.586. The largest absolute Gasteiger partial charge is 0.324 e. The zero-order valence-corrected chi connectivity index (χ0v) is 17.2. The van der Waals surface area contributed by atoms with E-state index in [0.29, 0.717) is 11.3 Å². The van der Waals surface area contributed by atoms with Crippen molar-refractivity contribution in [2.75, 3.05) is 15.9 Å². The summed E-state index contributed by atoms with van der Waals surface area (Å²) in [5.41, 5.74) is 2.81.